The molecule has 31 heavy (non-hydrogen) atoms. The first-order chi connectivity index (χ1) is 15.1. The average molecular weight is 445 g/mol. The molecule has 0 aliphatic carbocycles. The molecule has 0 bridgehead atoms. The molecule has 9 heteroatoms. The fourth-order valence-corrected chi connectivity index (χ4v) is 4.13. The maximum atomic E-state index is 13.3. The van der Waals surface area contributed by atoms with Gasteiger partial charge in [0.05, 0.1) is 18.4 Å². The summed E-state index contributed by atoms with van der Waals surface area (Å²) >= 11 is 1.28. The zero-order valence-electron chi connectivity index (χ0n) is 16.8. The minimum atomic E-state index is -0.318. The quantitative estimate of drug-likeness (QED) is 0.535. The third-order valence-electron chi connectivity index (χ3n) is 4.96. The summed E-state index contributed by atoms with van der Waals surface area (Å²) in [6.07, 6.45) is 2.01. The highest BCUT2D eigenvalue weighted by atomic mass is 32.2. The lowest BCUT2D eigenvalue weighted by atomic mass is 10.2. The maximum Gasteiger partial charge on any atom is 0.230 e. The van der Waals surface area contributed by atoms with Crippen LogP contribution in [0.15, 0.2) is 53.7 Å². The van der Waals surface area contributed by atoms with Crippen LogP contribution in [0.2, 0.25) is 0 Å². The summed E-state index contributed by atoms with van der Waals surface area (Å²) in [4.78, 5) is 12.3. The molecule has 6 nitrogen and oxygen atoms in total. The fraction of sp³-hybridized carbons (Fsp3) is 0.318. The molecular formula is C22H22F2N4O2S. The van der Waals surface area contributed by atoms with Crippen molar-refractivity contribution in [3.8, 4) is 11.4 Å². The predicted octanol–water partition coefficient (Wildman–Crippen LogP) is 3.81. The van der Waals surface area contributed by atoms with Crippen molar-refractivity contribution in [3.63, 3.8) is 0 Å². The molecule has 2 aromatic carbocycles. The molecule has 0 saturated carbocycles. The molecule has 1 unspecified atom stereocenters. The number of hydrogen-bond donors (Lipinski definition) is 1. The lowest BCUT2D eigenvalue weighted by Gasteiger charge is -2.14. The van der Waals surface area contributed by atoms with Crippen molar-refractivity contribution in [3.05, 3.63) is 65.7 Å². The number of carbonyl (C=O) groups excluding carboxylic acids is 1. The molecule has 1 aromatic heterocycles. The Morgan fingerprint density at radius 1 is 1.10 bits per heavy atom. The third kappa shape index (κ3) is 5.68. The number of nitrogens with one attached hydrogen (secondary N) is 1. The number of thioether (sulfide) groups is 1. The number of aromatic nitrogens is 3. The van der Waals surface area contributed by atoms with Crippen LogP contribution in [0.1, 0.15) is 18.4 Å². The molecule has 1 aliphatic heterocycles. The van der Waals surface area contributed by atoms with Crippen LogP contribution in [0.25, 0.3) is 11.4 Å². The first kappa shape index (κ1) is 21.5. The molecule has 1 fully saturated rings. The van der Waals surface area contributed by atoms with Crippen LogP contribution in [-0.4, -0.2) is 39.1 Å². The van der Waals surface area contributed by atoms with Crippen LogP contribution in [-0.2, 0) is 22.6 Å². The Hall–Kier alpha value is -2.78. The summed E-state index contributed by atoms with van der Waals surface area (Å²) in [7, 11) is 0. The van der Waals surface area contributed by atoms with Gasteiger partial charge in [0.25, 0.3) is 0 Å². The van der Waals surface area contributed by atoms with Crippen LogP contribution in [0.4, 0.5) is 8.78 Å². The Bertz CT molecular complexity index is 1020. The smallest absolute Gasteiger partial charge is 0.230 e. The first-order valence-corrected chi connectivity index (χ1v) is 11.0. The lowest BCUT2D eigenvalue weighted by molar-refractivity contribution is -0.118. The molecule has 1 atom stereocenters. The number of nitrogens with zero attached hydrogens (tertiary/aromatic N) is 3. The minimum absolute atomic E-state index is 0.0573. The topological polar surface area (TPSA) is 69.0 Å². The van der Waals surface area contributed by atoms with Gasteiger partial charge in [-0.3, -0.25) is 9.36 Å². The number of ether oxygens (including phenoxy) is 1. The van der Waals surface area contributed by atoms with Gasteiger partial charge in [0.15, 0.2) is 11.0 Å². The van der Waals surface area contributed by atoms with E-state index in [2.05, 4.69) is 15.5 Å². The van der Waals surface area contributed by atoms with Crippen LogP contribution in [0, 0.1) is 11.6 Å². The summed E-state index contributed by atoms with van der Waals surface area (Å²) in [6.45, 7) is 1.62. The van der Waals surface area contributed by atoms with E-state index in [4.69, 9.17) is 4.74 Å². The standard InChI is InChI=1S/C22H22F2N4O2S/c23-17-7-3-15(4-8-17)12-25-20(29)14-31-22-27-26-21(16-5-9-18(24)10-6-16)28(22)13-19-2-1-11-30-19/h3-10,19H,1-2,11-14H2,(H,25,29). The van der Waals surface area contributed by atoms with E-state index < -0.39 is 0 Å². The summed E-state index contributed by atoms with van der Waals surface area (Å²) < 4.78 is 34.0. The highest BCUT2D eigenvalue weighted by molar-refractivity contribution is 7.99. The molecule has 0 spiro atoms. The summed E-state index contributed by atoms with van der Waals surface area (Å²) in [5.74, 6) is -0.0163. The van der Waals surface area contributed by atoms with Crippen LogP contribution in [0.5, 0.6) is 0 Å². The molecule has 0 radical (unpaired) electrons. The van der Waals surface area contributed by atoms with Gasteiger partial charge >= 0.3 is 0 Å². The Morgan fingerprint density at radius 3 is 2.48 bits per heavy atom. The molecule has 1 aliphatic rings. The predicted molar refractivity (Wildman–Crippen MR) is 113 cm³/mol. The molecule has 2 heterocycles. The Balaban J connectivity index is 1.43. The van der Waals surface area contributed by atoms with Gasteiger partial charge in [-0.25, -0.2) is 8.78 Å². The van der Waals surface area contributed by atoms with E-state index in [-0.39, 0.29) is 29.4 Å². The van der Waals surface area contributed by atoms with E-state index in [0.29, 0.717) is 24.1 Å². The van der Waals surface area contributed by atoms with Gasteiger partial charge in [-0.2, -0.15) is 0 Å². The van der Waals surface area contributed by atoms with Crippen LogP contribution >= 0.6 is 11.8 Å². The molecule has 3 aromatic rings. The molecule has 1 amide bonds. The number of carbonyl (C=O) groups is 1. The van der Waals surface area contributed by atoms with Crippen molar-refractivity contribution >= 4 is 17.7 Å². The number of halogens is 2. The molecule has 162 valence electrons. The van der Waals surface area contributed by atoms with E-state index in [9.17, 15) is 13.6 Å². The van der Waals surface area contributed by atoms with Gasteiger partial charge in [0.1, 0.15) is 11.6 Å². The van der Waals surface area contributed by atoms with Crippen molar-refractivity contribution < 1.29 is 18.3 Å². The molecule has 4 rings (SSSR count). The number of benzene rings is 2. The van der Waals surface area contributed by atoms with Crippen LogP contribution < -0.4 is 5.32 Å². The average Bonchev–Trinajstić information content (AvgIpc) is 3.43. The van der Waals surface area contributed by atoms with Gasteiger partial charge in [-0.1, -0.05) is 23.9 Å². The van der Waals surface area contributed by atoms with Crippen molar-refractivity contribution in [2.45, 2.75) is 37.2 Å². The SMILES string of the molecule is O=C(CSc1nnc(-c2ccc(F)cc2)n1CC1CCCO1)NCc1ccc(F)cc1. The van der Waals surface area contributed by atoms with E-state index in [1.54, 1.807) is 24.3 Å². The highest BCUT2D eigenvalue weighted by Crippen LogP contribution is 2.26. The second-order valence-corrected chi connectivity index (χ2v) is 8.19. The maximum absolute atomic E-state index is 13.3. The van der Waals surface area contributed by atoms with Crippen molar-refractivity contribution in [2.24, 2.45) is 0 Å². The van der Waals surface area contributed by atoms with E-state index in [0.717, 1.165) is 30.6 Å². The summed E-state index contributed by atoms with van der Waals surface area (Å²) in [5, 5.41) is 12.0. The number of rotatable bonds is 8. The molecule has 1 N–H and O–H groups in total. The normalized spacial score (nSPS) is 15.9. The third-order valence-corrected chi connectivity index (χ3v) is 5.93. The van der Waals surface area contributed by atoms with Crippen molar-refractivity contribution in [2.75, 3.05) is 12.4 Å². The van der Waals surface area contributed by atoms with E-state index in [1.807, 2.05) is 4.57 Å². The Kier molecular flexibility index (Phi) is 6.93. The second kappa shape index (κ2) is 10.0. The second-order valence-electron chi connectivity index (χ2n) is 7.25. The largest absolute Gasteiger partial charge is 0.376 e. The zero-order valence-corrected chi connectivity index (χ0v) is 17.6. The Morgan fingerprint density at radius 2 is 1.81 bits per heavy atom. The summed E-state index contributed by atoms with van der Waals surface area (Å²) in [5.41, 5.74) is 1.57. The fourth-order valence-electron chi connectivity index (χ4n) is 3.35. The van der Waals surface area contributed by atoms with Crippen LogP contribution in [0.3, 0.4) is 0 Å². The van der Waals surface area contributed by atoms with Crippen molar-refractivity contribution in [1.82, 2.24) is 20.1 Å². The van der Waals surface area contributed by atoms with Crippen molar-refractivity contribution in [1.29, 1.82) is 0 Å². The minimum Gasteiger partial charge on any atom is -0.376 e. The highest BCUT2D eigenvalue weighted by Gasteiger charge is 2.22. The van der Waals surface area contributed by atoms with Gasteiger partial charge < -0.3 is 10.1 Å². The van der Waals surface area contributed by atoms with Gasteiger partial charge in [0, 0.05) is 18.7 Å². The molecule has 1 saturated heterocycles. The number of amides is 1. The van der Waals surface area contributed by atoms with Gasteiger partial charge in [0.2, 0.25) is 5.91 Å². The first-order valence-electron chi connectivity index (χ1n) is 10.0. The monoisotopic (exact) mass is 444 g/mol. The summed E-state index contributed by atoms with van der Waals surface area (Å²) in [6, 6.07) is 12.1. The van der Waals surface area contributed by atoms with E-state index >= 15 is 0 Å². The molecular weight excluding hydrogens is 422 g/mol. The Labute approximate surface area is 183 Å². The number of hydrogen-bond acceptors (Lipinski definition) is 5. The van der Waals surface area contributed by atoms with E-state index in [1.165, 1.54) is 36.0 Å². The van der Waals surface area contributed by atoms with Gasteiger partial charge in [-0.05, 0) is 54.8 Å². The lowest BCUT2D eigenvalue weighted by Crippen LogP contribution is -2.25. The van der Waals surface area contributed by atoms with Gasteiger partial charge in [-0.15, -0.1) is 10.2 Å². The zero-order chi connectivity index (χ0) is 21.6.